The van der Waals surface area contributed by atoms with E-state index in [1.807, 2.05) is 6.92 Å². The van der Waals surface area contributed by atoms with Gasteiger partial charge in [0.25, 0.3) is 0 Å². The van der Waals surface area contributed by atoms with Gasteiger partial charge in [0, 0.05) is 12.8 Å². The zero-order valence-electron chi connectivity index (χ0n) is 13.5. The highest BCUT2D eigenvalue weighted by Crippen LogP contribution is 2.37. The van der Waals surface area contributed by atoms with E-state index >= 15 is 0 Å². The first-order chi connectivity index (χ1) is 10.3. The van der Waals surface area contributed by atoms with Crippen LogP contribution in [0.15, 0.2) is 29.2 Å². The number of nitrogens with one attached hydrogen (secondary N) is 1. The molecule has 0 aromatic heterocycles. The third-order valence-corrected chi connectivity index (χ3v) is 5.72. The first-order valence-electron chi connectivity index (χ1n) is 7.59. The molecule has 1 atom stereocenters. The van der Waals surface area contributed by atoms with E-state index in [4.69, 9.17) is 5.73 Å². The summed E-state index contributed by atoms with van der Waals surface area (Å²) in [5, 5.41) is 3.02. The molecule has 1 amide bonds. The Bertz CT molecular complexity index is 638. The Kier molecular flexibility index (Phi) is 6.62. The van der Waals surface area contributed by atoms with E-state index in [0.717, 1.165) is 31.2 Å². The predicted octanol–water partition coefficient (Wildman–Crippen LogP) is 2.21. The Morgan fingerprint density at radius 2 is 1.78 bits per heavy atom. The van der Waals surface area contributed by atoms with Crippen LogP contribution in [0.3, 0.4) is 0 Å². The molecule has 1 aromatic carbocycles. The minimum atomic E-state index is -3.20. The highest BCUT2D eigenvalue weighted by Gasteiger charge is 2.40. The quantitative estimate of drug-likeness (QED) is 0.842. The number of hydrogen-bond acceptors (Lipinski definition) is 4. The maximum Gasteiger partial charge on any atom is 0.227 e. The van der Waals surface area contributed by atoms with E-state index in [0.29, 0.717) is 6.54 Å². The molecule has 0 aliphatic heterocycles. The molecular weight excluding hydrogens is 336 g/mol. The number of sulfone groups is 1. The van der Waals surface area contributed by atoms with E-state index in [-0.39, 0.29) is 29.3 Å². The average molecular weight is 361 g/mol. The van der Waals surface area contributed by atoms with Gasteiger partial charge in [-0.1, -0.05) is 25.0 Å². The van der Waals surface area contributed by atoms with Crippen LogP contribution in [0.4, 0.5) is 0 Å². The van der Waals surface area contributed by atoms with Gasteiger partial charge >= 0.3 is 0 Å². The third kappa shape index (κ3) is 4.46. The molecule has 0 saturated heterocycles. The van der Waals surface area contributed by atoms with Gasteiger partial charge in [0.15, 0.2) is 9.84 Å². The Morgan fingerprint density at radius 3 is 2.22 bits per heavy atom. The molecule has 1 aliphatic carbocycles. The van der Waals surface area contributed by atoms with Crippen molar-refractivity contribution in [3.8, 4) is 0 Å². The van der Waals surface area contributed by atoms with E-state index in [9.17, 15) is 13.2 Å². The van der Waals surface area contributed by atoms with Crippen molar-refractivity contribution in [2.24, 2.45) is 11.1 Å². The van der Waals surface area contributed by atoms with Gasteiger partial charge in [0.2, 0.25) is 5.91 Å². The maximum absolute atomic E-state index is 12.5. The Hall–Kier alpha value is -1.11. The average Bonchev–Trinajstić information content (AvgIpc) is 2.96. The SMILES string of the molecule is CC(NC(=O)C1(CN)CCCC1)c1ccc(S(C)(=O)=O)cc1.Cl. The van der Waals surface area contributed by atoms with Gasteiger partial charge in [-0.2, -0.15) is 0 Å². The van der Waals surface area contributed by atoms with Crippen molar-refractivity contribution < 1.29 is 13.2 Å². The van der Waals surface area contributed by atoms with Crippen LogP contribution in [0.1, 0.15) is 44.2 Å². The molecule has 0 heterocycles. The van der Waals surface area contributed by atoms with Crippen molar-refractivity contribution in [3.05, 3.63) is 29.8 Å². The number of rotatable bonds is 5. The first kappa shape index (κ1) is 19.9. The van der Waals surface area contributed by atoms with Crippen LogP contribution >= 0.6 is 12.4 Å². The molecular formula is C16H25ClN2O3S. The maximum atomic E-state index is 12.5. The monoisotopic (exact) mass is 360 g/mol. The molecule has 5 nitrogen and oxygen atoms in total. The molecule has 1 aromatic rings. The minimum Gasteiger partial charge on any atom is -0.349 e. The van der Waals surface area contributed by atoms with Gasteiger partial charge in [-0.05, 0) is 37.5 Å². The van der Waals surface area contributed by atoms with E-state index in [1.54, 1.807) is 24.3 Å². The van der Waals surface area contributed by atoms with Gasteiger partial charge in [0.05, 0.1) is 16.4 Å². The lowest BCUT2D eigenvalue weighted by Crippen LogP contribution is -2.44. The standard InChI is InChI=1S/C16H24N2O3S.ClH/c1-12(13-5-7-14(8-6-13)22(2,20)21)18-15(19)16(11-17)9-3-4-10-16;/h5-8,12H,3-4,9-11,17H2,1-2H3,(H,18,19);1H. The highest BCUT2D eigenvalue weighted by atomic mass is 35.5. The molecule has 23 heavy (non-hydrogen) atoms. The van der Waals surface area contributed by atoms with Crippen molar-refractivity contribution >= 4 is 28.2 Å². The normalized spacial score (nSPS) is 18.0. The van der Waals surface area contributed by atoms with Crippen molar-refractivity contribution in [1.82, 2.24) is 5.32 Å². The Labute approximate surface area is 144 Å². The lowest BCUT2D eigenvalue weighted by molar-refractivity contribution is -0.131. The van der Waals surface area contributed by atoms with E-state index in [1.165, 1.54) is 6.26 Å². The Morgan fingerprint density at radius 1 is 1.26 bits per heavy atom. The zero-order valence-corrected chi connectivity index (χ0v) is 15.2. The minimum absolute atomic E-state index is 0. The fraction of sp³-hybridized carbons (Fsp3) is 0.562. The van der Waals surface area contributed by atoms with Crippen molar-refractivity contribution in [1.29, 1.82) is 0 Å². The number of carbonyl (C=O) groups excluding carboxylic acids is 1. The van der Waals surface area contributed by atoms with Crippen LogP contribution in [0.25, 0.3) is 0 Å². The van der Waals surface area contributed by atoms with Crippen LogP contribution < -0.4 is 11.1 Å². The number of hydrogen-bond donors (Lipinski definition) is 2. The van der Waals surface area contributed by atoms with E-state index < -0.39 is 15.3 Å². The Balaban J connectivity index is 0.00000264. The van der Waals surface area contributed by atoms with Gasteiger partial charge < -0.3 is 11.1 Å². The van der Waals surface area contributed by atoms with Crippen LogP contribution in [0.5, 0.6) is 0 Å². The van der Waals surface area contributed by atoms with Crippen LogP contribution in [-0.4, -0.2) is 27.1 Å². The summed E-state index contributed by atoms with van der Waals surface area (Å²) >= 11 is 0. The topological polar surface area (TPSA) is 89.3 Å². The molecule has 1 aliphatic rings. The second kappa shape index (κ2) is 7.64. The summed E-state index contributed by atoms with van der Waals surface area (Å²) in [4.78, 5) is 12.8. The molecule has 130 valence electrons. The summed E-state index contributed by atoms with van der Waals surface area (Å²) in [6, 6.07) is 6.45. The summed E-state index contributed by atoms with van der Waals surface area (Å²) < 4.78 is 22.9. The highest BCUT2D eigenvalue weighted by molar-refractivity contribution is 7.90. The van der Waals surface area contributed by atoms with Gasteiger partial charge in [-0.3, -0.25) is 4.79 Å². The van der Waals surface area contributed by atoms with Gasteiger partial charge in [-0.15, -0.1) is 12.4 Å². The molecule has 0 radical (unpaired) electrons. The van der Waals surface area contributed by atoms with Crippen molar-refractivity contribution in [2.75, 3.05) is 12.8 Å². The largest absolute Gasteiger partial charge is 0.349 e. The molecule has 1 saturated carbocycles. The number of benzene rings is 1. The van der Waals surface area contributed by atoms with Gasteiger partial charge in [-0.25, -0.2) is 8.42 Å². The number of nitrogens with two attached hydrogens (primary N) is 1. The fourth-order valence-corrected chi connectivity index (χ4v) is 3.64. The second-order valence-electron chi connectivity index (χ2n) is 6.23. The lowest BCUT2D eigenvalue weighted by Gasteiger charge is -2.28. The molecule has 3 N–H and O–H groups in total. The molecule has 0 spiro atoms. The summed E-state index contributed by atoms with van der Waals surface area (Å²) in [6.45, 7) is 2.27. The van der Waals surface area contributed by atoms with Crippen LogP contribution in [-0.2, 0) is 14.6 Å². The third-order valence-electron chi connectivity index (χ3n) is 4.59. The molecule has 1 unspecified atom stereocenters. The van der Waals surface area contributed by atoms with Crippen LogP contribution in [0, 0.1) is 5.41 Å². The summed E-state index contributed by atoms with van der Waals surface area (Å²) in [5.74, 6) is 0.00666. The van der Waals surface area contributed by atoms with Crippen molar-refractivity contribution in [2.45, 2.75) is 43.5 Å². The van der Waals surface area contributed by atoms with Crippen molar-refractivity contribution in [3.63, 3.8) is 0 Å². The number of carbonyl (C=O) groups is 1. The zero-order chi connectivity index (χ0) is 16.4. The summed E-state index contributed by atoms with van der Waals surface area (Å²) in [5.41, 5.74) is 6.28. The lowest BCUT2D eigenvalue weighted by atomic mass is 9.85. The van der Waals surface area contributed by atoms with Crippen LogP contribution in [0.2, 0.25) is 0 Å². The summed E-state index contributed by atoms with van der Waals surface area (Å²) in [6.07, 6.45) is 4.95. The number of amides is 1. The summed E-state index contributed by atoms with van der Waals surface area (Å²) in [7, 11) is -3.20. The first-order valence-corrected chi connectivity index (χ1v) is 9.49. The predicted molar refractivity (Wildman–Crippen MR) is 93.3 cm³/mol. The molecule has 7 heteroatoms. The fourth-order valence-electron chi connectivity index (χ4n) is 3.01. The van der Waals surface area contributed by atoms with Gasteiger partial charge in [0.1, 0.15) is 0 Å². The van der Waals surface area contributed by atoms with E-state index in [2.05, 4.69) is 5.32 Å². The molecule has 2 rings (SSSR count). The molecule has 0 bridgehead atoms. The molecule has 1 fully saturated rings. The smallest absolute Gasteiger partial charge is 0.227 e. The number of halogens is 1. The second-order valence-corrected chi connectivity index (χ2v) is 8.24.